The van der Waals surface area contributed by atoms with Crippen LogP contribution in [0.25, 0.3) is 0 Å². The first-order valence-electron chi connectivity index (χ1n) is 9.45. The smallest absolute Gasteiger partial charge is 0.118 e. The number of benzene rings is 2. The molecule has 0 saturated carbocycles. The minimum absolute atomic E-state index is 0.130. The van der Waals surface area contributed by atoms with E-state index in [2.05, 4.69) is 17.4 Å². The van der Waals surface area contributed by atoms with Gasteiger partial charge in [-0.2, -0.15) is 0 Å². The van der Waals surface area contributed by atoms with Crippen molar-refractivity contribution >= 4 is 0 Å². The molecule has 27 heavy (non-hydrogen) atoms. The van der Waals surface area contributed by atoms with Gasteiger partial charge in [0.1, 0.15) is 5.75 Å². The van der Waals surface area contributed by atoms with Crippen molar-refractivity contribution in [3.05, 3.63) is 65.7 Å². The Kier molecular flexibility index (Phi) is 9.87. The van der Waals surface area contributed by atoms with Gasteiger partial charge in [-0.1, -0.05) is 42.5 Å². The molecule has 0 saturated heterocycles. The van der Waals surface area contributed by atoms with Gasteiger partial charge in [0.2, 0.25) is 0 Å². The lowest BCUT2D eigenvalue weighted by Crippen LogP contribution is -2.31. The van der Waals surface area contributed by atoms with Crippen LogP contribution in [0.4, 0.5) is 0 Å². The molecule has 0 spiro atoms. The van der Waals surface area contributed by atoms with Crippen molar-refractivity contribution in [3.63, 3.8) is 0 Å². The lowest BCUT2D eigenvalue weighted by Gasteiger charge is -2.18. The normalized spacial score (nSPS) is 13.3. The summed E-state index contributed by atoms with van der Waals surface area (Å²) < 4.78 is 10.9. The molecule has 2 atom stereocenters. The molecular weight excluding hydrogens is 342 g/mol. The molecule has 0 aromatic heterocycles. The summed E-state index contributed by atoms with van der Waals surface area (Å²) in [5.74, 6) is 1.05. The summed E-state index contributed by atoms with van der Waals surface area (Å²) >= 11 is 0. The first-order chi connectivity index (χ1) is 13.2. The Hall–Kier alpha value is -1.92. The monoisotopic (exact) mass is 373 g/mol. The molecule has 2 aromatic carbocycles. The number of nitrogens with one attached hydrogen (secondary N) is 1. The van der Waals surface area contributed by atoms with Crippen molar-refractivity contribution in [1.29, 1.82) is 0 Å². The summed E-state index contributed by atoms with van der Waals surface area (Å²) in [6.07, 6.45) is 0.950. The van der Waals surface area contributed by atoms with Crippen molar-refractivity contribution in [3.8, 4) is 5.75 Å². The zero-order valence-electron chi connectivity index (χ0n) is 16.0. The van der Waals surface area contributed by atoms with Crippen molar-refractivity contribution in [2.24, 2.45) is 5.92 Å². The third-order valence-corrected chi connectivity index (χ3v) is 4.44. The maximum atomic E-state index is 10.1. The van der Waals surface area contributed by atoms with Gasteiger partial charge in [-0.3, -0.25) is 0 Å². The summed E-state index contributed by atoms with van der Waals surface area (Å²) in [6.45, 7) is 2.14. The van der Waals surface area contributed by atoms with Crippen LogP contribution >= 0.6 is 0 Å². The summed E-state index contributed by atoms with van der Waals surface area (Å²) in [5, 5.41) is 22.6. The van der Waals surface area contributed by atoms with E-state index in [-0.39, 0.29) is 19.1 Å². The summed E-state index contributed by atoms with van der Waals surface area (Å²) in [6, 6.07) is 18.0. The van der Waals surface area contributed by atoms with E-state index in [0.717, 1.165) is 18.7 Å². The molecule has 2 rings (SSSR count). The van der Waals surface area contributed by atoms with Gasteiger partial charge in [0.05, 0.1) is 19.8 Å². The van der Waals surface area contributed by atoms with Gasteiger partial charge in [-0.25, -0.2) is 0 Å². The van der Waals surface area contributed by atoms with Gasteiger partial charge < -0.3 is 25.0 Å². The Morgan fingerprint density at radius 3 is 2.37 bits per heavy atom. The maximum Gasteiger partial charge on any atom is 0.118 e. The molecular formula is C22H31NO4. The average Bonchev–Trinajstić information content (AvgIpc) is 2.69. The van der Waals surface area contributed by atoms with Crippen LogP contribution in [0.15, 0.2) is 54.6 Å². The molecule has 0 heterocycles. The highest BCUT2D eigenvalue weighted by Gasteiger charge is 2.12. The second-order valence-electron chi connectivity index (χ2n) is 6.74. The molecule has 2 unspecified atom stereocenters. The molecule has 5 heteroatoms. The molecule has 0 radical (unpaired) electrons. The van der Waals surface area contributed by atoms with Crippen LogP contribution in [-0.4, -0.2) is 49.8 Å². The first-order valence-corrected chi connectivity index (χ1v) is 9.45. The highest BCUT2D eigenvalue weighted by molar-refractivity contribution is 5.27. The molecule has 0 bridgehead atoms. The van der Waals surface area contributed by atoms with Crippen LogP contribution in [0.3, 0.4) is 0 Å². The van der Waals surface area contributed by atoms with Crippen LogP contribution in [-0.2, 0) is 17.7 Å². The van der Waals surface area contributed by atoms with Gasteiger partial charge in [0, 0.05) is 26.3 Å². The highest BCUT2D eigenvalue weighted by atomic mass is 16.5. The summed E-state index contributed by atoms with van der Waals surface area (Å²) in [7, 11) is 1.65. The topological polar surface area (TPSA) is 71.0 Å². The molecule has 0 aliphatic rings. The zero-order valence-corrected chi connectivity index (χ0v) is 16.0. The molecule has 5 nitrogen and oxygen atoms in total. The Morgan fingerprint density at radius 1 is 0.963 bits per heavy atom. The SMILES string of the molecule is COc1ccc(CC(CCO)COCC(O)CNCc2ccccc2)cc1. The van der Waals surface area contributed by atoms with E-state index < -0.39 is 6.10 Å². The minimum Gasteiger partial charge on any atom is -0.497 e. The Balaban J connectivity index is 1.66. The van der Waals surface area contributed by atoms with E-state index in [1.807, 2.05) is 42.5 Å². The molecule has 0 aliphatic carbocycles. The number of aliphatic hydroxyl groups excluding tert-OH is 2. The van der Waals surface area contributed by atoms with Gasteiger partial charge in [0.15, 0.2) is 0 Å². The van der Waals surface area contributed by atoms with E-state index in [4.69, 9.17) is 9.47 Å². The third-order valence-electron chi connectivity index (χ3n) is 4.44. The Labute approximate surface area is 162 Å². The second kappa shape index (κ2) is 12.5. The molecule has 0 aliphatic heterocycles. The quantitative estimate of drug-likeness (QED) is 0.503. The lowest BCUT2D eigenvalue weighted by atomic mass is 9.97. The predicted octanol–water partition coefficient (Wildman–Crippen LogP) is 2.40. The fourth-order valence-electron chi connectivity index (χ4n) is 2.93. The molecule has 2 aromatic rings. The van der Waals surface area contributed by atoms with Crippen molar-refractivity contribution in [2.45, 2.75) is 25.5 Å². The van der Waals surface area contributed by atoms with E-state index >= 15 is 0 Å². The number of methoxy groups -OCH3 is 1. The van der Waals surface area contributed by atoms with Crippen molar-refractivity contribution < 1.29 is 19.7 Å². The van der Waals surface area contributed by atoms with E-state index in [1.165, 1.54) is 11.1 Å². The lowest BCUT2D eigenvalue weighted by molar-refractivity contribution is 0.0178. The van der Waals surface area contributed by atoms with Gasteiger partial charge in [0.25, 0.3) is 0 Å². The molecule has 3 N–H and O–H groups in total. The number of ether oxygens (including phenoxy) is 2. The second-order valence-corrected chi connectivity index (χ2v) is 6.74. The van der Waals surface area contributed by atoms with Gasteiger partial charge in [-0.15, -0.1) is 0 Å². The van der Waals surface area contributed by atoms with Crippen LogP contribution in [0.5, 0.6) is 5.75 Å². The molecule has 0 amide bonds. The van der Waals surface area contributed by atoms with E-state index in [0.29, 0.717) is 19.6 Å². The Morgan fingerprint density at radius 2 is 1.70 bits per heavy atom. The van der Waals surface area contributed by atoms with E-state index in [1.54, 1.807) is 7.11 Å². The van der Waals surface area contributed by atoms with Crippen LogP contribution in [0, 0.1) is 5.92 Å². The number of aliphatic hydroxyl groups is 2. The van der Waals surface area contributed by atoms with Crippen molar-refractivity contribution in [1.82, 2.24) is 5.32 Å². The number of hydrogen-bond donors (Lipinski definition) is 3. The standard InChI is InChI=1S/C22H31NO4/c1-26-22-9-7-18(8-10-22)13-20(11-12-24)16-27-17-21(25)15-23-14-19-5-3-2-4-6-19/h2-10,20-21,23-25H,11-17H2,1H3. The Bertz CT molecular complexity index is 618. The maximum absolute atomic E-state index is 10.1. The molecule has 0 fully saturated rings. The van der Waals surface area contributed by atoms with E-state index in [9.17, 15) is 10.2 Å². The van der Waals surface area contributed by atoms with Crippen LogP contribution in [0.2, 0.25) is 0 Å². The third kappa shape index (κ3) is 8.54. The summed E-state index contributed by atoms with van der Waals surface area (Å²) in [5.41, 5.74) is 2.37. The average molecular weight is 373 g/mol. The fourth-order valence-corrected chi connectivity index (χ4v) is 2.93. The van der Waals surface area contributed by atoms with Crippen LogP contribution in [0.1, 0.15) is 17.5 Å². The van der Waals surface area contributed by atoms with Gasteiger partial charge >= 0.3 is 0 Å². The number of rotatable bonds is 13. The predicted molar refractivity (Wildman–Crippen MR) is 107 cm³/mol. The van der Waals surface area contributed by atoms with Gasteiger partial charge in [-0.05, 0) is 42.0 Å². The largest absolute Gasteiger partial charge is 0.497 e. The minimum atomic E-state index is -0.551. The summed E-state index contributed by atoms with van der Waals surface area (Å²) in [4.78, 5) is 0. The number of hydrogen-bond acceptors (Lipinski definition) is 5. The highest BCUT2D eigenvalue weighted by Crippen LogP contribution is 2.17. The first kappa shape index (κ1) is 21.4. The molecule has 148 valence electrons. The zero-order chi connectivity index (χ0) is 19.3. The fraction of sp³-hybridized carbons (Fsp3) is 0.455. The van der Waals surface area contributed by atoms with Crippen molar-refractivity contribution in [2.75, 3.05) is 33.5 Å². The van der Waals surface area contributed by atoms with Crippen LogP contribution < -0.4 is 10.1 Å².